The van der Waals surface area contributed by atoms with Crippen LogP contribution >= 0.6 is 0 Å². The third kappa shape index (κ3) is 5.56. The largest absolute Gasteiger partial charge is 0.494 e. The first kappa shape index (κ1) is 15.5. The van der Waals surface area contributed by atoms with Crippen molar-refractivity contribution >= 4 is 0 Å². The topological polar surface area (TPSA) is 21.3 Å². The van der Waals surface area contributed by atoms with Gasteiger partial charge in [0.2, 0.25) is 0 Å². The highest BCUT2D eigenvalue weighted by atomic mass is 19.1. The van der Waals surface area contributed by atoms with Crippen molar-refractivity contribution in [2.75, 3.05) is 13.2 Å². The number of nitrogens with one attached hydrogen (secondary N) is 1. The van der Waals surface area contributed by atoms with Crippen molar-refractivity contribution in [2.45, 2.75) is 26.3 Å². The van der Waals surface area contributed by atoms with Crippen molar-refractivity contribution in [1.29, 1.82) is 0 Å². The summed E-state index contributed by atoms with van der Waals surface area (Å²) < 4.78 is 18.4. The lowest BCUT2D eigenvalue weighted by Gasteiger charge is -2.08. The monoisotopic (exact) mass is 287 g/mol. The SMILES string of the molecule is CCc1ccc(OCCCNCc2ccc(F)cc2)cc1. The average molecular weight is 287 g/mol. The lowest BCUT2D eigenvalue weighted by molar-refractivity contribution is 0.308. The molecule has 21 heavy (non-hydrogen) atoms. The summed E-state index contributed by atoms with van der Waals surface area (Å²) in [6, 6.07) is 14.8. The first-order valence-corrected chi connectivity index (χ1v) is 7.45. The highest BCUT2D eigenvalue weighted by Gasteiger charge is 1.96. The second kappa shape index (κ2) is 8.42. The van der Waals surface area contributed by atoms with E-state index in [4.69, 9.17) is 4.74 Å². The molecule has 0 aliphatic heterocycles. The Morgan fingerprint density at radius 1 is 0.952 bits per heavy atom. The number of rotatable bonds is 8. The van der Waals surface area contributed by atoms with E-state index >= 15 is 0 Å². The summed E-state index contributed by atoms with van der Waals surface area (Å²) in [4.78, 5) is 0. The molecule has 0 aliphatic rings. The molecule has 0 spiro atoms. The van der Waals surface area contributed by atoms with Gasteiger partial charge >= 0.3 is 0 Å². The normalized spacial score (nSPS) is 10.6. The number of benzene rings is 2. The van der Waals surface area contributed by atoms with Crippen LogP contribution in [0.3, 0.4) is 0 Å². The van der Waals surface area contributed by atoms with Crippen molar-refractivity contribution in [3.8, 4) is 5.75 Å². The molecule has 0 saturated heterocycles. The van der Waals surface area contributed by atoms with Crippen LogP contribution in [0, 0.1) is 5.82 Å². The maximum Gasteiger partial charge on any atom is 0.123 e. The summed E-state index contributed by atoms with van der Waals surface area (Å²) in [6.07, 6.45) is 1.99. The van der Waals surface area contributed by atoms with Gasteiger partial charge in [0, 0.05) is 6.54 Å². The quantitative estimate of drug-likeness (QED) is 0.742. The zero-order chi connectivity index (χ0) is 14.9. The van der Waals surface area contributed by atoms with Crippen LogP contribution in [0.2, 0.25) is 0 Å². The molecule has 0 atom stereocenters. The minimum absolute atomic E-state index is 0.193. The lowest BCUT2D eigenvalue weighted by Crippen LogP contribution is -2.17. The molecule has 112 valence electrons. The van der Waals surface area contributed by atoms with Gasteiger partial charge in [-0.3, -0.25) is 0 Å². The molecule has 2 rings (SSSR count). The van der Waals surface area contributed by atoms with Gasteiger partial charge in [0.05, 0.1) is 6.61 Å². The zero-order valence-electron chi connectivity index (χ0n) is 12.4. The maximum atomic E-state index is 12.7. The standard InChI is InChI=1S/C18H22FNO/c1-2-15-6-10-18(11-7-15)21-13-3-12-20-14-16-4-8-17(19)9-5-16/h4-11,20H,2-3,12-14H2,1H3. The summed E-state index contributed by atoms with van der Waals surface area (Å²) in [5.74, 6) is 0.729. The molecule has 0 aliphatic carbocycles. The zero-order valence-corrected chi connectivity index (χ0v) is 12.4. The molecule has 2 aromatic carbocycles. The van der Waals surface area contributed by atoms with Crippen molar-refractivity contribution in [3.63, 3.8) is 0 Å². The van der Waals surface area contributed by atoms with Gasteiger partial charge in [-0.2, -0.15) is 0 Å². The summed E-state index contributed by atoms with van der Waals surface area (Å²) >= 11 is 0. The number of hydrogen-bond donors (Lipinski definition) is 1. The van der Waals surface area contributed by atoms with Crippen LogP contribution in [0.15, 0.2) is 48.5 Å². The Kier molecular flexibility index (Phi) is 6.22. The number of halogens is 1. The minimum Gasteiger partial charge on any atom is -0.494 e. The lowest BCUT2D eigenvalue weighted by atomic mass is 10.2. The summed E-state index contributed by atoms with van der Waals surface area (Å²) in [7, 11) is 0. The first-order chi connectivity index (χ1) is 10.3. The average Bonchev–Trinajstić information content (AvgIpc) is 2.53. The van der Waals surface area contributed by atoms with Crippen molar-refractivity contribution in [3.05, 3.63) is 65.5 Å². The molecular formula is C18H22FNO. The van der Waals surface area contributed by atoms with Crippen LogP contribution in [0.5, 0.6) is 5.75 Å². The fourth-order valence-corrected chi connectivity index (χ4v) is 2.04. The van der Waals surface area contributed by atoms with Crippen LogP contribution in [-0.2, 0) is 13.0 Å². The van der Waals surface area contributed by atoms with E-state index in [0.717, 1.165) is 37.2 Å². The summed E-state index contributed by atoms with van der Waals surface area (Å²) in [5.41, 5.74) is 2.41. The Hall–Kier alpha value is -1.87. The van der Waals surface area contributed by atoms with Gasteiger partial charge < -0.3 is 10.1 Å². The van der Waals surface area contributed by atoms with Crippen molar-refractivity contribution in [2.24, 2.45) is 0 Å². The Labute approximate surface area is 126 Å². The Morgan fingerprint density at radius 2 is 1.62 bits per heavy atom. The second-order valence-electron chi connectivity index (χ2n) is 5.00. The molecule has 0 amide bonds. The second-order valence-corrected chi connectivity index (χ2v) is 5.00. The van der Waals surface area contributed by atoms with Crippen molar-refractivity contribution in [1.82, 2.24) is 5.32 Å². The van der Waals surface area contributed by atoms with E-state index in [1.54, 1.807) is 12.1 Å². The molecule has 3 heteroatoms. The van der Waals surface area contributed by atoms with Crippen LogP contribution in [0.4, 0.5) is 4.39 Å². The number of hydrogen-bond acceptors (Lipinski definition) is 2. The Bertz CT molecular complexity index is 522. The molecule has 0 bridgehead atoms. The molecule has 2 aromatic rings. The van der Waals surface area contributed by atoms with E-state index in [9.17, 15) is 4.39 Å². The summed E-state index contributed by atoms with van der Waals surface area (Å²) in [5, 5.41) is 3.32. The molecule has 0 saturated carbocycles. The Balaban J connectivity index is 1.58. The van der Waals surface area contributed by atoms with E-state index < -0.39 is 0 Å². The van der Waals surface area contributed by atoms with Crippen molar-refractivity contribution < 1.29 is 9.13 Å². The van der Waals surface area contributed by atoms with Gasteiger partial charge in [0.25, 0.3) is 0 Å². The van der Waals surface area contributed by atoms with E-state index in [-0.39, 0.29) is 5.82 Å². The van der Waals surface area contributed by atoms with Gasteiger partial charge in [-0.05, 0) is 54.8 Å². The van der Waals surface area contributed by atoms with E-state index in [1.165, 1.54) is 17.7 Å². The molecule has 2 nitrogen and oxygen atoms in total. The fraction of sp³-hybridized carbons (Fsp3) is 0.333. The smallest absolute Gasteiger partial charge is 0.123 e. The van der Waals surface area contributed by atoms with E-state index in [1.807, 2.05) is 12.1 Å². The Morgan fingerprint density at radius 3 is 2.29 bits per heavy atom. The number of ether oxygens (including phenoxy) is 1. The van der Waals surface area contributed by atoms with Gasteiger partial charge in [0.15, 0.2) is 0 Å². The van der Waals surface area contributed by atoms with E-state index in [2.05, 4.69) is 24.4 Å². The predicted octanol–water partition coefficient (Wildman–Crippen LogP) is 3.95. The highest BCUT2D eigenvalue weighted by Crippen LogP contribution is 2.12. The predicted molar refractivity (Wildman–Crippen MR) is 84.0 cm³/mol. The molecule has 0 aromatic heterocycles. The van der Waals surface area contributed by atoms with Crippen LogP contribution < -0.4 is 10.1 Å². The molecule has 1 N–H and O–H groups in total. The van der Waals surface area contributed by atoms with Gasteiger partial charge in [-0.1, -0.05) is 31.2 Å². The van der Waals surface area contributed by atoms with Crippen LogP contribution in [-0.4, -0.2) is 13.2 Å². The molecule has 0 heterocycles. The molecule has 0 radical (unpaired) electrons. The van der Waals surface area contributed by atoms with Crippen LogP contribution in [0.1, 0.15) is 24.5 Å². The number of aryl methyl sites for hydroxylation is 1. The first-order valence-electron chi connectivity index (χ1n) is 7.45. The van der Waals surface area contributed by atoms with Gasteiger partial charge in [-0.25, -0.2) is 4.39 Å². The maximum absolute atomic E-state index is 12.7. The van der Waals surface area contributed by atoms with E-state index in [0.29, 0.717) is 6.61 Å². The van der Waals surface area contributed by atoms with Gasteiger partial charge in [-0.15, -0.1) is 0 Å². The fourth-order valence-electron chi connectivity index (χ4n) is 2.04. The summed E-state index contributed by atoms with van der Waals surface area (Å²) in [6.45, 7) is 4.47. The third-order valence-corrected chi connectivity index (χ3v) is 3.34. The van der Waals surface area contributed by atoms with Crippen LogP contribution in [0.25, 0.3) is 0 Å². The van der Waals surface area contributed by atoms with Gasteiger partial charge in [0.1, 0.15) is 11.6 Å². The molecule has 0 unspecified atom stereocenters. The third-order valence-electron chi connectivity index (χ3n) is 3.34. The molecular weight excluding hydrogens is 265 g/mol. The molecule has 0 fully saturated rings. The minimum atomic E-state index is -0.193. The highest BCUT2D eigenvalue weighted by molar-refractivity contribution is 5.27.